The average molecular weight is 411 g/mol. The summed E-state index contributed by atoms with van der Waals surface area (Å²) < 4.78 is 13.3. The van der Waals surface area contributed by atoms with Crippen molar-refractivity contribution in [1.29, 1.82) is 0 Å². The molecule has 0 aliphatic heterocycles. The van der Waals surface area contributed by atoms with Gasteiger partial charge in [-0.1, -0.05) is 12.1 Å². The highest BCUT2D eigenvalue weighted by Crippen LogP contribution is 2.20. The number of benzene rings is 2. The number of nitrogens with one attached hydrogen (secondary N) is 1. The van der Waals surface area contributed by atoms with Crippen LogP contribution in [-0.4, -0.2) is 52.8 Å². The second-order valence-corrected chi connectivity index (χ2v) is 6.70. The number of hydrogen-bond donors (Lipinski definition) is 4. The highest BCUT2D eigenvalue weighted by Gasteiger charge is 2.14. The maximum Gasteiger partial charge on any atom is 0.230 e. The Morgan fingerprint density at radius 2 is 1.57 bits per heavy atom. The summed E-state index contributed by atoms with van der Waals surface area (Å²) in [6, 6.07) is 13.0. The molecule has 0 bridgehead atoms. The smallest absolute Gasteiger partial charge is 0.230 e. The third-order valence-electron chi connectivity index (χ3n) is 4.44. The van der Waals surface area contributed by atoms with Gasteiger partial charge in [0, 0.05) is 38.3 Å². The van der Waals surface area contributed by atoms with E-state index in [1.54, 1.807) is 24.3 Å². The molecule has 0 unspecified atom stereocenters. The van der Waals surface area contributed by atoms with Crippen molar-refractivity contribution in [3.05, 3.63) is 59.9 Å². The minimum absolute atomic E-state index is 0.234. The van der Waals surface area contributed by atoms with Crippen LogP contribution in [0.4, 0.5) is 16.3 Å². The zero-order valence-corrected chi connectivity index (χ0v) is 16.6. The molecule has 1 heterocycles. The van der Waals surface area contributed by atoms with Crippen LogP contribution >= 0.6 is 0 Å². The molecule has 158 valence electrons. The molecule has 2 aromatic carbocycles. The molecule has 1 aromatic heterocycles. The predicted molar refractivity (Wildman–Crippen MR) is 116 cm³/mol. The average Bonchev–Trinajstić information content (AvgIpc) is 2.75. The summed E-state index contributed by atoms with van der Waals surface area (Å²) in [5.41, 5.74) is 13.2. The summed E-state index contributed by atoms with van der Waals surface area (Å²) in [5.74, 6) is 1.22. The van der Waals surface area contributed by atoms with Gasteiger partial charge in [0.05, 0.1) is 0 Å². The van der Waals surface area contributed by atoms with Gasteiger partial charge in [0.1, 0.15) is 11.6 Å². The fourth-order valence-electron chi connectivity index (χ4n) is 2.92. The van der Waals surface area contributed by atoms with Crippen molar-refractivity contribution in [2.24, 2.45) is 11.5 Å². The number of aromatic nitrogens is 3. The van der Waals surface area contributed by atoms with Crippen LogP contribution < -0.4 is 21.7 Å². The Morgan fingerprint density at radius 3 is 2.20 bits per heavy atom. The molecule has 0 atom stereocenters. The zero-order chi connectivity index (χ0) is 21.3. The normalized spacial score (nSPS) is 10.8. The molecular weight excluding hydrogens is 385 g/mol. The molecule has 3 rings (SSSR count). The third kappa shape index (κ3) is 5.85. The minimum Gasteiger partial charge on any atom is -0.508 e. The molecule has 0 spiro atoms. The quantitative estimate of drug-likeness (QED) is 0.398. The van der Waals surface area contributed by atoms with Gasteiger partial charge in [-0.2, -0.15) is 15.0 Å². The Bertz CT molecular complexity index is 929. The second kappa shape index (κ2) is 10.5. The van der Waals surface area contributed by atoms with E-state index in [0.717, 1.165) is 12.0 Å². The SMILES string of the molecule is NCCN(CCN)c1nc(NCCc2ccc(O)cc2)nc(-c2ccc(F)cc2)n1. The molecule has 30 heavy (non-hydrogen) atoms. The van der Waals surface area contributed by atoms with E-state index in [4.69, 9.17) is 11.5 Å². The monoisotopic (exact) mass is 411 g/mol. The largest absolute Gasteiger partial charge is 0.508 e. The van der Waals surface area contributed by atoms with Crippen molar-refractivity contribution >= 4 is 11.9 Å². The summed E-state index contributed by atoms with van der Waals surface area (Å²) in [4.78, 5) is 15.5. The lowest BCUT2D eigenvalue weighted by molar-refractivity contribution is 0.475. The van der Waals surface area contributed by atoms with Gasteiger partial charge in [0.25, 0.3) is 0 Å². The van der Waals surface area contributed by atoms with Gasteiger partial charge in [0.2, 0.25) is 11.9 Å². The number of anilines is 2. The van der Waals surface area contributed by atoms with Crippen LogP contribution in [0.3, 0.4) is 0 Å². The molecule has 0 aliphatic carbocycles. The van der Waals surface area contributed by atoms with Gasteiger partial charge >= 0.3 is 0 Å². The van der Waals surface area contributed by atoms with Gasteiger partial charge in [-0.05, 0) is 48.4 Å². The Hall–Kier alpha value is -3.30. The van der Waals surface area contributed by atoms with Crippen LogP contribution in [0, 0.1) is 5.82 Å². The zero-order valence-electron chi connectivity index (χ0n) is 16.6. The maximum atomic E-state index is 13.3. The van der Waals surface area contributed by atoms with Crippen molar-refractivity contribution in [2.45, 2.75) is 6.42 Å². The van der Waals surface area contributed by atoms with Crippen LogP contribution in [0.25, 0.3) is 11.4 Å². The summed E-state index contributed by atoms with van der Waals surface area (Å²) in [6.45, 7) is 2.56. The molecule has 3 aromatic rings. The van der Waals surface area contributed by atoms with Crippen molar-refractivity contribution in [2.75, 3.05) is 42.9 Å². The molecule has 0 saturated carbocycles. The summed E-state index contributed by atoms with van der Waals surface area (Å²) in [7, 11) is 0. The number of rotatable bonds is 10. The lowest BCUT2D eigenvalue weighted by atomic mass is 10.1. The summed E-state index contributed by atoms with van der Waals surface area (Å²) >= 11 is 0. The molecule has 0 aliphatic rings. The van der Waals surface area contributed by atoms with Crippen molar-refractivity contribution in [3.8, 4) is 17.1 Å². The van der Waals surface area contributed by atoms with Crippen LogP contribution in [0.15, 0.2) is 48.5 Å². The molecular formula is C21H26FN7O. The Morgan fingerprint density at radius 1 is 0.900 bits per heavy atom. The van der Waals surface area contributed by atoms with Crippen LogP contribution in [0.5, 0.6) is 5.75 Å². The number of phenolic OH excluding ortho intramolecular Hbond substituents is 1. The molecule has 8 nitrogen and oxygen atoms in total. The fourth-order valence-corrected chi connectivity index (χ4v) is 2.92. The lowest BCUT2D eigenvalue weighted by Gasteiger charge is -2.22. The highest BCUT2D eigenvalue weighted by atomic mass is 19.1. The Labute approximate surface area is 174 Å². The standard InChI is InChI=1S/C21H26FN7O/c22-17-5-3-16(4-6-17)19-26-20(25-12-9-15-1-7-18(30)8-2-15)28-21(27-19)29(13-10-23)14-11-24/h1-8,30H,9-14,23-24H2,(H,25,26,27,28). The molecule has 0 fully saturated rings. The second-order valence-electron chi connectivity index (χ2n) is 6.70. The van der Waals surface area contributed by atoms with E-state index >= 15 is 0 Å². The molecule has 9 heteroatoms. The van der Waals surface area contributed by atoms with Gasteiger partial charge in [-0.25, -0.2) is 4.39 Å². The first-order valence-corrected chi connectivity index (χ1v) is 9.78. The molecule has 0 saturated heterocycles. The number of nitrogens with two attached hydrogens (primary N) is 2. The van der Waals surface area contributed by atoms with Crippen molar-refractivity contribution < 1.29 is 9.50 Å². The number of phenols is 1. The van der Waals surface area contributed by atoms with E-state index in [9.17, 15) is 9.50 Å². The van der Waals surface area contributed by atoms with Crippen LogP contribution in [0.1, 0.15) is 5.56 Å². The van der Waals surface area contributed by atoms with Gasteiger partial charge in [-0.15, -0.1) is 0 Å². The molecule has 6 N–H and O–H groups in total. The summed E-state index contributed by atoms with van der Waals surface area (Å²) in [5, 5.41) is 12.6. The highest BCUT2D eigenvalue weighted by molar-refractivity contribution is 5.58. The van der Waals surface area contributed by atoms with E-state index < -0.39 is 0 Å². The topological polar surface area (TPSA) is 126 Å². The van der Waals surface area contributed by atoms with E-state index in [1.165, 1.54) is 12.1 Å². The number of aromatic hydroxyl groups is 1. The minimum atomic E-state index is -0.326. The first-order valence-electron chi connectivity index (χ1n) is 9.78. The van der Waals surface area contributed by atoms with Crippen LogP contribution in [-0.2, 0) is 6.42 Å². The summed E-state index contributed by atoms with van der Waals surface area (Å²) in [6.07, 6.45) is 0.725. The lowest BCUT2D eigenvalue weighted by Crippen LogP contribution is -2.35. The predicted octanol–water partition coefficient (Wildman–Crippen LogP) is 1.76. The van der Waals surface area contributed by atoms with Gasteiger partial charge in [-0.3, -0.25) is 0 Å². The van der Waals surface area contributed by atoms with E-state index in [-0.39, 0.29) is 11.6 Å². The van der Waals surface area contributed by atoms with Crippen molar-refractivity contribution in [3.63, 3.8) is 0 Å². The number of halogens is 1. The number of hydrogen-bond acceptors (Lipinski definition) is 8. The maximum absolute atomic E-state index is 13.3. The first kappa shape index (κ1) is 21.4. The molecule has 0 radical (unpaired) electrons. The van der Waals surface area contributed by atoms with E-state index in [1.807, 2.05) is 17.0 Å². The Balaban J connectivity index is 1.84. The van der Waals surface area contributed by atoms with E-state index in [2.05, 4.69) is 20.3 Å². The first-order chi connectivity index (χ1) is 14.6. The van der Waals surface area contributed by atoms with Crippen LogP contribution in [0.2, 0.25) is 0 Å². The number of nitrogens with zero attached hydrogens (tertiary/aromatic N) is 4. The molecule has 0 amide bonds. The van der Waals surface area contributed by atoms with E-state index in [0.29, 0.717) is 56.0 Å². The third-order valence-corrected chi connectivity index (χ3v) is 4.44. The Kier molecular flexibility index (Phi) is 7.47. The van der Waals surface area contributed by atoms with Gasteiger partial charge in [0.15, 0.2) is 5.82 Å². The van der Waals surface area contributed by atoms with Crippen molar-refractivity contribution in [1.82, 2.24) is 15.0 Å². The van der Waals surface area contributed by atoms with Gasteiger partial charge < -0.3 is 26.8 Å². The fraction of sp³-hybridized carbons (Fsp3) is 0.286.